The van der Waals surface area contributed by atoms with Crippen LogP contribution in [0.4, 0.5) is 4.39 Å². The molecule has 1 aliphatic rings. The van der Waals surface area contributed by atoms with Crippen LogP contribution in [0.25, 0.3) is 11.0 Å². The minimum atomic E-state index is -0.241. The summed E-state index contributed by atoms with van der Waals surface area (Å²) < 4.78 is 20.7. The quantitative estimate of drug-likeness (QED) is 0.627. The van der Waals surface area contributed by atoms with Crippen molar-refractivity contribution in [1.29, 1.82) is 0 Å². The van der Waals surface area contributed by atoms with E-state index in [4.69, 9.17) is 9.84 Å². The molecular formula is C23H30FN5O2. The molecule has 3 heterocycles. The smallest absolute Gasteiger partial charge is 0.250 e. The molecule has 166 valence electrons. The number of pyridine rings is 1. The predicted octanol–water partition coefficient (Wildman–Crippen LogP) is 2.81. The zero-order valence-electron chi connectivity index (χ0n) is 18.7. The summed E-state index contributed by atoms with van der Waals surface area (Å²) in [5, 5.41) is 6.94. The summed E-state index contributed by atoms with van der Waals surface area (Å²) in [6, 6.07) is 8.87. The monoisotopic (exact) mass is 427 g/mol. The Morgan fingerprint density at radius 2 is 1.97 bits per heavy atom. The molecule has 8 heteroatoms. The highest BCUT2D eigenvalue weighted by molar-refractivity contribution is 5.73. The molecule has 0 saturated carbocycles. The lowest BCUT2D eigenvalue weighted by Crippen LogP contribution is -2.60. The second-order valence-corrected chi connectivity index (χ2v) is 8.52. The number of hydrogen-bond donors (Lipinski definition) is 0. The van der Waals surface area contributed by atoms with E-state index in [0.717, 1.165) is 35.2 Å². The van der Waals surface area contributed by atoms with Gasteiger partial charge in [-0.3, -0.25) is 14.7 Å². The molecule has 3 aromatic rings. The van der Waals surface area contributed by atoms with Crippen LogP contribution in [-0.4, -0.2) is 51.6 Å². The van der Waals surface area contributed by atoms with Crippen LogP contribution in [0.1, 0.15) is 37.9 Å². The van der Waals surface area contributed by atoms with Gasteiger partial charge in [-0.1, -0.05) is 6.07 Å². The van der Waals surface area contributed by atoms with Crippen LogP contribution in [0.15, 0.2) is 41.3 Å². The summed E-state index contributed by atoms with van der Waals surface area (Å²) in [5.41, 5.74) is 3.55. The van der Waals surface area contributed by atoms with Gasteiger partial charge in [-0.2, -0.15) is 9.89 Å². The Balaban J connectivity index is 1.58. The third kappa shape index (κ3) is 3.97. The Labute approximate surface area is 181 Å². The molecule has 2 aromatic heterocycles. The lowest BCUT2D eigenvalue weighted by Gasteiger charge is -2.47. The standard InChI is InChI=1S/C23H30FN5O2/c1-15-12-28(29-13-22-21(25-29)8-9-23(30)26(22)4)16(2)11-27(15)17(3)20-7-6-19(24)10-18(20)14-31-5/h6-10,13,15-17H,11-12,14H2,1-5H3/t15-,16+,17?/m1/s1. The average Bonchev–Trinajstić information content (AvgIpc) is 3.17. The third-order valence-corrected chi connectivity index (χ3v) is 6.40. The van der Waals surface area contributed by atoms with E-state index in [1.807, 2.05) is 17.1 Å². The molecule has 1 fully saturated rings. The highest BCUT2D eigenvalue weighted by atomic mass is 19.1. The van der Waals surface area contributed by atoms with Crippen molar-refractivity contribution < 1.29 is 9.13 Å². The molecule has 1 aliphatic heterocycles. The molecule has 0 radical (unpaired) electrons. The van der Waals surface area contributed by atoms with Crippen molar-refractivity contribution in [1.82, 2.24) is 19.4 Å². The Morgan fingerprint density at radius 3 is 2.71 bits per heavy atom. The maximum atomic E-state index is 13.8. The number of piperazine rings is 1. The van der Waals surface area contributed by atoms with Gasteiger partial charge in [0.2, 0.25) is 0 Å². The number of nitrogens with zero attached hydrogens (tertiary/aromatic N) is 5. The van der Waals surface area contributed by atoms with Gasteiger partial charge in [0.05, 0.1) is 30.9 Å². The van der Waals surface area contributed by atoms with Crippen LogP contribution >= 0.6 is 0 Å². The number of aryl methyl sites for hydroxylation is 1. The summed E-state index contributed by atoms with van der Waals surface area (Å²) in [6.45, 7) is 8.56. The van der Waals surface area contributed by atoms with Crippen molar-refractivity contribution in [2.45, 2.75) is 45.5 Å². The van der Waals surface area contributed by atoms with Crippen molar-refractivity contribution in [2.24, 2.45) is 7.05 Å². The van der Waals surface area contributed by atoms with Crippen molar-refractivity contribution in [3.63, 3.8) is 0 Å². The van der Waals surface area contributed by atoms with E-state index in [9.17, 15) is 9.18 Å². The zero-order chi connectivity index (χ0) is 22.3. The van der Waals surface area contributed by atoms with E-state index < -0.39 is 0 Å². The Kier molecular flexibility index (Phi) is 5.85. The Bertz CT molecular complexity index is 1140. The molecular weight excluding hydrogens is 397 g/mol. The number of methoxy groups -OCH3 is 1. The first-order valence-corrected chi connectivity index (χ1v) is 10.7. The zero-order valence-corrected chi connectivity index (χ0v) is 18.7. The number of ether oxygens (including phenoxy) is 1. The average molecular weight is 428 g/mol. The van der Waals surface area contributed by atoms with Gasteiger partial charge in [-0.25, -0.2) is 4.39 Å². The predicted molar refractivity (Wildman–Crippen MR) is 119 cm³/mol. The van der Waals surface area contributed by atoms with Crippen molar-refractivity contribution in [3.8, 4) is 0 Å². The van der Waals surface area contributed by atoms with E-state index in [2.05, 4.69) is 30.7 Å². The molecule has 4 rings (SSSR count). The highest BCUT2D eigenvalue weighted by Crippen LogP contribution is 2.30. The molecule has 1 saturated heterocycles. The van der Waals surface area contributed by atoms with Crippen molar-refractivity contribution >= 4 is 11.0 Å². The van der Waals surface area contributed by atoms with Gasteiger partial charge < -0.3 is 9.30 Å². The van der Waals surface area contributed by atoms with Gasteiger partial charge in [0.15, 0.2) is 0 Å². The van der Waals surface area contributed by atoms with Crippen LogP contribution in [0.3, 0.4) is 0 Å². The fourth-order valence-corrected chi connectivity index (χ4v) is 4.66. The van der Waals surface area contributed by atoms with E-state index >= 15 is 0 Å². The van der Waals surface area contributed by atoms with E-state index in [0.29, 0.717) is 6.61 Å². The van der Waals surface area contributed by atoms with E-state index in [1.54, 1.807) is 36.9 Å². The maximum absolute atomic E-state index is 13.8. The fourth-order valence-electron chi connectivity index (χ4n) is 4.66. The number of aromatic nitrogens is 3. The van der Waals surface area contributed by atoms with Gasteiger partial charge >= 0.3 is 0 Å². The summed E-state index contributed by atoms with van der Waals surface area (Å²) >= 11 is 0. The van der Waals surface area contributed by atoms with Crippen LogP contribution in [0.5, 0.6) is 0 Å². The van der Waals surface area contributed by atoms with Gasteiger partial charge in [-0.05, 0) is 50.1 Å². The molecule has 3 atom stereocenters. The van der Waals surface area contributed by atoms with Gasteiger partial charge in [-0.15, -0.1) is 0 Å². The number of hydrogen-bond acceptors (Lipinski definition) is 5. The van der Waals surface area contributed by atoms with Crippen molar-refractivity contribution in [3.05, 3.63) is 63.8 Å². The summed E-state index contributed by atoms with van der Waals surface area (Å²) in [4.78, 5) is 16.3. The lowest BCUT2D eigenvalue weighted by atomic mass is 9.97. The number of rotatable bonds is 5. The number of halogens is 1. The maximum Gasteiger partial charge on any atom is 0.250 e. The van der Waals surface area contributed by atoms with Crippen LogP contribution in [0.2, 0.25) is 0 Å². The Morgan fingerprint density at radius 1 is 1.19 bits per heavy atom. The highest BCUT2D eigenvalue weighted by Gasteiger charge is 2.33. The first kappa shape index (κ1) is 21.5. The summed E-state index contributed by atoms with van der Waals surface area (Å²) in [7, 11) is 3.40. The Hall–Kier alpha value is -2.71. The fraction of sp³-hybridized carbons (Fsp3) is 0.478. The topological polar surface area (TPSA) is 55.5 Å². The molecule has 31 heavy (non-hydrogen) atoms. The molecule has 0 spiro atoms. The van der Waals surface area contributed by atoms with E-state index in [-0.39, 0.29) is 29.5 Å². The van der Waals surface area contributed by atoms with Crippen molar-refractivity contribution in [2.75, 3.05) is 25.2 Å². The minimum Gasteiger partial charge on any atom is -0.380 e. The normalized spacial score (nSPS) is 21.0. The lowest BCUT2D eigenvalue weighted by molar-refractivity contribution is 0.101. The first-order valence-electron chi connectivity index (χ1n) is 10.7. The molecule has 1 aromatic carbocycles. The summed E-state index contributed by atoms with van der Waals surface area (Å²) in [5.74, 6) is -0.241. The van der Waals surface area contributed by atoms with Gasteiger partial charge in [0.1, 0.15) is 11.3 Å². The second kappa shape index (κ2) is 8.43. The molecule has 1 unspecified atom stereocenters. The van der Waals surface area contributed by atoms with Gasteiger partial charge in [0.25, 0.3) is 5.56 Å². The molecule has 0 bridgehead atoms. The number of fused-ring (bicyclic) bond motifs is 1. The largest absolute Gasteiger partial charge is 0.380 e. The summed E-state index contributed by atoms with van der Waals surface area (Å²) in [6.07, 6.45) is 1.93. The van der Waals surface area contributed by atoms with Gasteiger partial charge in [0, 0.05) is 38.9 Å². The minimum absolute atomic E-state index is 0.0433. The molecule has 7 nitrogen and oxygen atoms in total. The second-order valence-electron chi connectivity index (χ2n) is 8.52. The SMILES string of the molecule is COCc1cc(F)ccc1C(C)N1C[C@H](C)N(n2cc3c(ccc(=O)n3C)n2)C[C@H]1C. The molecule has 0 amide bonds. The van der Waals surface area contributed by atoms with Crippen LogP contribution < -0.4 is 10.6 Å². The third-order valence-electron chi connectivity index (χ3n) is 6.40. The molecule has 0 N–H and O–H groups in total. The van der Waals surface area contributed by atoms with E-state index in [1.165, 1.54) is 6.07 Å². The van der Waals surface area contributed by atoms with Crippen LogP contribution in [-0.2, 0) is 18.4 Å². The molecule has 0 aliphatic carbocycles. The van der Waals surface area contributed by atoms with Crippen LogP contribution in [0, 0.1) is 5.82 Å². The number of benzene rings is 1. The first-order chi connectivity index (χ1) is 14.8.